The number of nitriles is 2. The lowest BCUT2D eigenvalue weighted by Crippen LogP contribution is -2.28. The van der Waals surface area contributed by atoms with Crippen LogP contribution in [0, 0.1) is 39.7 Å². The molecule has 0 aliphatic carbocycles. The van der Waals surface area contributed by atoms with Gasteiger partial charge in [-0.3, -0.25) is 14.9 Å². The van der Waals surface area contributed by atoms with Crippen molar-refractivity contribution in [1.82, 2.24) is 4.90 Å². The molecule has 2 N–H and O–H groups in total. The number of phenols is 1. The number of aryl methyl sites for hydroxylation is 1. The molecular formula is C21H18N4O6. The van der Waals surface area contributed by atoms with Gasteiger partial charge in [-0.1, -0.05) is 17.7 Å². The average molecular weight is 422 g/mol. The minimum atomic E-state index is -0.893. The van der Waals surface area contributed by atoms with Crippen molar-refractivity contribution in [2.45, 2.75) is 13.5 Å². The molecule has 0 radical (unpaired) electrons. The topological polar surface area (TPSA) is 161 Å². The summed E-state index contributed by atoms with van der Waals surface area (Å²) in [4.78, 5) is 24.2. The third-order valence-corrected chi connectivity index (χ3v) is 4.44. The molecule has 0 bridgehead atoms. The molecule has 1 amide bonds. The third-order valence-electron chi connectivity index (χ3n) is 4.44. The van der Waals surface area contributed by atoms with Gasteiger partial charge in [-0.05, 0) is 24.6 Å². The van der Waals surface area contributed by atoms with Gasteiger partial charge in [0.25, 0.3) is 5.91 Å². The van der Waals surface area contributed by atoms with Crippen LogP contribution in [0.2, 0.25) is 0 Å². The molecule has 31 heavy (non-hydrogen) atoms. The Bertz CT molecular complexity index is 1170. The van der Waals surface area contributed by atoms with Crippen molar-refractivity contribution in [1.29, 1.82) is 10.5 Å². The van der Waals surface area contributed by atoms with Crippen LogP contribution in [-0.2, 0) is 11.3 Å². The van der Waals surface area contributed by atoms with E-state index in [-0.39, 0.29) is 17.9 Å². The van der Waals surface area contributed by atoms with E-state index in [1.54, 1.807) is 24.3 Å². The summed E-state index contributed by atoms with van der Waals surface area (Å²) in [5.41, 5.74) is 0.0891. The first-order chi connectivity index (χ1) is 14.6. The van der Waals surface area contributed by atoms with Gasteiger partial charge in [0.1, 0.15) is 11.8 Å². The molecule has 2 rings (SSSR count). The molecule has 158 valence electrons. The van der Waals surface area contributed by atoms with Gasteiger partial charge in [-0.25, -0.2) is 0 Å². The van der Waals surface area contributed by atoms with E-state index in [0.717, 1.165) is 29.7 Å². The lowest BCUT2D eigenvalue weighted by Gasteiger charge is -2.18. The molecule has 0 spiro atoms. The van der Waals surface area contributed by atoms with Crippen LogP contribution in [0.15, 0.2) is 35.9 Å². The largest absolute Gasteiger partial charge is 0.506 e. The van der Waals surface area contributed by atoms with E-state index in [0.29, 0.717) is 11.1 Å². The maximum absolute atomic E-state index is 12.8. The summed E-state index contributed by atoms with van der Waals surface area (Å²) in [6.45, 7) is 1.81. The third kappa shape index (κ3) is 4.71. The molecule has 0 aromatic heterocycles. The SMILES string of the molecule is COc1cc(/C(O)=C(\C#N)C(=O)N(C)Cc2cc(C)ccc2C#N)cc([N+](=O)[O-])c1O. The lowest BCUT2D eigenvalue weighted by atomic mass is 10.0. The zero-order valence-corrected chi connectivity index (χ0v) is 16.9. The number of benzene rings is 2. The maximum Gasteiger partial charge on any atom is 0.315 e. The zero-order chi connectivity index (χ0) is 23.3. The van der Waals surface area contributed by atoms with Crippen molar-refractivity contribution in [3.05, 3.63) is 68.3 Å². The van der Waals surface area contributed by atoms with Crippen molar-refractivity contribution in [3.8, 4) is 23.6 Å². The number of phenolic OH excluding ortho intramolecular Hbond substituents is 1. The van der Waals surface area contributed by atoms with Gasteiger partial charge in [0, 0.05) is 25.2 Å². The molecule has 0 saturated carbocycles. The second kappa shape index (κ2) is 9.29. The van der Waals surface area contributed by atoms with Crippen LogP contribution >= 0.6 is 0 Å². The van der Waals surface area contributed by atoms with Gasteiger partial charge in [0.05, 0.1) is 23.7 Å². The molecule has 0 unspecified atom stereocenters. The number of aliphatic hydroxyl groups excluding tert-OH is 1. The molecule has 0 fully saturated rings. The highest BCUT2D eigenvalue weighted by atomic mass is 16.6. The van der Waals surface area contributed by atoms with Gasteiger partial charge in [0.2, 0.25) is 5.75 Å². The Morgan fingerprint density at radius 3 is 2.52 bits per heavy atom. The minimum Gasteiger partial charge on any atom is -0.506 e. The molecule has 0 atom stereocenters. The van der Waals surface area contributed by atoms with Crippen LogP contribution in [-0.4, -0.2) is 40.1 Å². The van der Waals surface area contributed by atoms with E-state index >= 15 is 0 Å². The zero-order valence-electron chi connectivity index (χ0n) is 16.9. The minimum absolute atomic E-state index is 0.0130. The lowest BCUT2D eigenvalue weighted by molar-refractivity contribution is -0.386. The Hall–Kier alpha value is -4.57. The van der Waals surface area contributed by atoms with E-state index in [1.165, 1.54) is 7.05 Å². The number of carbonyl (C=O) groups is 1. The van der Waals surface area contributed by atoms with Gasteiger partial charge in [0.15, 0.2) is 11.3 Å². The number of nitro benzene ring substituents is 1. The number of hydrogen-bond acceptors (Lipinski definition) is 8. The number of rotatable bonds is 6. The second-order valence-electron chi connectivity index (χ2n) is 6.57. The summed E-state index contributed by atoms with van der Waals surface area (Å²) < 4.78 is 4.87. The van der Waals surface area contributed by atoms with Crippen LogP contribution in [0.4, 0.5) is 5.69 Å². The number of amides is 1. The number of ether oxygens (including phenoxy) is 1. The number of nitro groups is 1. The standard InChI is InChI=1S/C21H18N4O6/c1-12-4-5-13(9-22)15(6-12)11-24(2)21(28)16(10-23)19(26)14-7-17(25(29)30)20(27)18(8-14)31-3/h4-8,26-27H,11H2,1-3H3/b19-16-. The summed E-state index contributed by atoms with van der Waals surface area (Å²) in [6.07, 6.45) is 0. The quantitative estimate of drug-likeness (QED) is 0.236. The monoisotopic (exact) mass is 422 g/mol. The van der Waals surface area contributed by atoms with E-state index in [2.05, 4.69) is 0 Å². The number of carbonyl (C=O) groups excluding carboxylic acids is 1. The average Bonchev–Trinajstić information content (AvgIpc) is 2.74. The van der Waals surface area contributed by atoms with Gasteiger partial charge in [-0.15, -0.1) is 0 Å². The fraction of sp³-hybridized carbons (Fsp3) is 0.190. The van der Waals surface area contributed by atoms with E-state index < -0.39 is 33.6 Å². The second-order valence-corrected chi connectivity index (χ2v) is 6.57. The van der Waals surface area contributed by atoms with Crippen LogP contribution in [0.5, 0.6) is 11.5 Å². The summed E-state index contributed by atoms with van der Waals surface area (Å²) in [5.74, 6) is -2.74. The number of aliphatic hydroxyl groups is 1. The Morgan fingerprint density at radius 2 is 1.97 bits per heavy atom. The molecule has 10 nitrogen and oxygen atoms in total. The van der Waals surface area contributed by atoms with Crippen molar-refractivity contribution in [2.24, 2.45) is 0 Å². The van der Waals surface area contributed by atoms with Crippen molar-refractivity contribution < 1.29 is 24.7 Å². The molecule has 10 heteroatoms. The van der Waals surface area contributed by atoms with Crippen molar-refractivity contribution in [2.75, 3.05) is 14.2 Å². The molecule has 0 heterocycles. The summed E-state index contributed by atoms with van der Waals surface area (Å²) in [5, 5.41) is 50.3. The molecule has 0 saturated heterocycles. The smallest absolute Gasteiger partial charge is 0.315 e. The van der Waals surface area contributed by atoms with E-state index in [1.807, 2.05) is 13.0 Å². The predicted molar refractivity (Wildman–Crippen MR) is 109 cm³/mol. The highest BCUT2D eigenvalue weighted by Crippen LogP contribution is 2.38. The first kappa shape index (κ1) is 22.7. The molecular weight excluding hydrogens is 404 g/mol. The highest BCUT2D eigenvalue weighted by molar-refractivity contribution is 6.03. The first-order valence-corrected chi connectivity index (χ1v) is 8.78. The Morgan fingerprint density at radius 1 is 1.29 bits per heavy atom. The normalized spacial score (nSPS) is 11.0. The van der Waals surface area contributed by atoms with Crippen LogP contribution in [0.1, 0.15) is 22.3 Å². The summed E-state index contributed by atoms with van der Waals surface area (Å²) in [7, 11) is 2.54. The molecule has 2 aromatic carbocycles. The number of aromatic hydroxyl groups is 1. The van der Waals surface area contributed by atoms with Gasteiger partial charge < -0.3 is 19.8 Å². The number of likely N-dealkylation sites (N-methyl/N-ethyl adjacent to an activating group) is 1. The Kier molecular flexibility index (Phi) is 6.80. The Balaban J connectivity index is 2.49. The van der Waals surface area contributed by atoms with Gasteiger partial charge in [-0.2, -0.15) is 10.5 Å². The van der Waals surface area contributed by atoms with E-state index in [4.69, 9.17) is 4.74 Å². The molecule has 0 aliphatic rings. The van der Waals surface area contributed by atoms with Crippen LogP contribution < -0.4 is 4.74 Å². The highest BCUT2D eigenvalue weighted by Gasteiger charge is 2.26. The maximum atomic E-state index is 12.8. The fourth-order valence-corrected chi connectivity index (χ4v) is 2.85. The first-order valence-electron chi connectivity index (χ1n) is 8.78. The molecule has 2 aromatic rings. The van der Waals surface area contributed by atoms with Crippen molar-refractivity contribution in [3.63, 3.8) is 0 Å². The predicted octanol–water partition coefficient (Wildman–Crippen LogP) is 2.94. The number of nitrogens with zero attached hydrogens (tertiary/aromatic N) is 4. The summed E-state index contributed by atoms with van der Waals surface area (Å²) >= 11 is 0. The van der Waals surface area contributed by atoms with Crippen LogP contribution in [0.3, 0.4) is 0 Å². The van der Waals surface area contributed by atoms with E-state index in [9.17, 15) is 35.6 Å². The summed E-state index contributed by atoms with van der Waals surface area (Å²) in [6, 6.07) is 10.6. The van der Waals surface area contributed by atoms with Gasteiger partial charge >= 0.3 is 5.69 Å². The Labute approximate surface area is 177 Å². The molecule has 0 aliphatic heterocycles. The van der Waals surface area contributed by atoms with Crippen LogP contribution in [0.25, 0.3) is 5.76 Å². The fourth-order valence-electron chi connectivity index (χ4n) is 2.85. The number of methoxy groups -OCH3 is 1. The van der Waals surface area contributed by atoms with Crippen molar-refractivity contribution >= 4 is 17.4 Å². The number of hydrogen-bond donors (Lipinski definition) is 2.